The molecular formula is C10H12FNO4S. The third-order valence-electron chi connectivity index (χ3n) is 2.19. The molecule has 0 radical (unpaired) electrons. The number of carbonyl (C=O) groups is 1. The molecule has 7 heteroatoms. The number of hydrogen-bond donors (Lipinski definition) is 2. The highest BCUT2D eigenvalue weighted by Crippen LogP contribution is 2.18. The molecule has 0 aliphatic carbocycles. The molecule has 0 amide bonds. The summed E-state index contributed by atoms with van der Waals surface area (Å²) in [5, 5.41) is 6.95. The Kier molecular flexibility index (Phi) is 3.72. The largest absolute Gasteiger partial charge is 0.480 e. The molecule has 0 aromatic heterocycles. The van der Waals surface area contributed by atoms with Gasteiger partial charge < -0.3 is 5.11 Å². The molecule has 1 aromatic carbocycles. The number of aryl methyl sites for hydroxylation is 1. The van der Waals surface area contributed by atoms with E-state index in [1.807, 2.05) is 4.72 Å². The van der Waals surface area contributed by atoms with Crippen molar-refractivity contribution in [3.8, 4) is 0 Å². The SMILES string of the molecule is Cc1ccc(NS(=O)(=O)C(C)C(=O)O)c(F)c1. The molecule has 1 unspecified atom stereocenters. The van der Waals surface area contributed by atoms with Crippen LogP contribution in [0.2, 0.25) is 0 Å². The molecule has 1 aromatic rings. The monoisotopic (exact) mass is 261 g/mol. The van der Waals surface area contributed by atoms with Crippen molar-refractivity contribution in [3.63, 3.8) is 0 Å². The minimum absolute atomic E-state index is 0.260. The number of hydrogen-bond acceptors (Lipinski definition) is 3. The van der Waals surface area contributed by atoms with Gasteiger partial charge in [0.2, 0.25) is 10.0 Å². The first-order valence-electron chi connectivity index (χ1n) is 4.74. The molecule has 0 bridgehead atoms. The fourth-order valence-corrected chi connectivity index (χ4v) is 1.99. The lowest BCUT2D eigenvalue weighted by Crippen LogP contribution is -2.32. The summed E-state index contributed by atoms with van der Waals surface area (Å²) in [5.74, 6) is -2.24. The van der Waals surface area contributed by atoms with Crippen LogP contribution in [-0.2, 0) is 14.8 Å². The normalized spacial score (nSPS) is 13.1. The zero-order chi connectivity index (χ0) is 13.2. The Bertz CT molecular complexity index is 541. The van der Waals surface area contributed by atoms with Crippen LogP contribution in [0.15, 0.2) is 18.2 Å². The van der Waals surface area contributed by atoms with E-state index in [0.29, 0.717) is 5.56 Å². The molecule has 17 heavy (non-hydrogen) atoms. The van der Waals surface area contributed by atoms with Gasteiger partial charge >= 0.3 is 5.97 Å². The quantitative estimate of drug-likeness (QED) is 0.857. The van der Waals surface area contributed by atoms with Crippen molar-refractivity contribution in [2.75, 3.05) is 4.72 Å². The number of nitrogens with one attached hydrogen (secondary N) is 1. The molecule has 0 saturated heterocycles. The summed E-state index contributed by atoms with van der Waals surface area (Å²) in [4.78, 5) is 10.6. The van der Waals surface area contributed by atoms with Crippen molar-refractivity contribution >= 4 is 21.7 Å². The highest BCUT2D eigenvalue weighted by atomic mass is 32.2. The number of halogens is 1. The van der Waals surface area contributed by atoms with Crippen LogP contribution in [0.25, 0.3) is 0 Å². The summed E-state index contributed by atoms with van der Waals surface area (Å²) in [5.41, 5.74) is 0.375. The Morgan fingerprint density at radius 1 is 1.47 bits per heavy atom. The molecule has 0 spiro atoms. The summed E-state index contributed by atoms with van der Waals surface area (Å²) in [6, 6.07) is 3.92. The van der Waals surface area contributed by atoms with Gasteiger partial charge in [-0.1, -0.05) is 6.07 Å². The van der Waals surface area contributed by atoms with Crippen LogP contribution in [-0.4, -0.2) is 24.7 Å². The predicted octanol–water partition coefficient (Wildman–Crippen LogP) is 1.35. The number of aliphatic carboxylic acids is 1. The van der Waals surface area contributed by atoms with Gasteiger partial charge in [0.25, 0.3) is 0 Å². The topological polar surface area (TPSA) is 83.5 Å². The second-order valence-corrected chi connectivity index (χ2v) is 5.61. The van der Waals surface area contributed by atoms with Crippen molar-refractivity contribution in [2.45, 2.75) is 19.1 Å². The van der Waals surface area contributed by atoms with E-state index in [4.69, 9.17) is 5.11 Å². The van der Waals surface area contributed by atoms with Gasteiger partial charge in [0.15, 0.2) is 5.25 Å². The summed E-state index contributed by atoms with van der Waals surface area (Å²) in [6.45, 7) is 2.66. The number of carboxylic acid groups (broad SMARTS) is 1. The Morgan fingerprint density at radius 2 is 2.06 bits per heavy atom. The van der Waals surface area contributed by atoms with E-state index < -0.39 is 27.1 Å². The van der Waals surface area contributed by atoms with E-state index in [9.17, 15) is 17.6 Å². The van der Waals surface area contributed by atoms with Gasteiger partial charge in [-0.2, -0.15) is 0 Å². The number of benzene rings is 1. The molecule has 5 nitrogen and oxygen atoms in total. The highest BCUT2D eigenvalue weighted by molar-refractivity contribution is 7.94. The lowest BCUT2D eigenvalue weighted by Gasteiger charge is -2.12. The number of anilines is 1. The van der Waals surface area contributed by atoms with Gasteiger partial charge in [-0.05, 0) is 31.5 Å². The van der Waals surface area contributed by atoms with Crippen molar-refractivity contribution in [3.05, 3.63) is 29.6 Å². The minimum Gasteiger partial charge on any atom is -0.480 e. The lowest BCUT2D eigenvalue weighted by molar-refractivity contribution is -0.136. The molecule has 1 atom stereocenters. The number of sulfonamides is 1. The second-order valence-electron chi connectivity index (χ2n) is 3.61. The van der Waals surface area contributed by atoms with Crippen LogP contribution >= 0.6 is 0 Å². The van der Waals surface area contributed by atoms with Gasteiger partial charge in [-0.25, -0.2) is 12.8 Å². The molecule has 94 valence electrons. The maximum Gasteiger partial charge on any atom is 0.323 e. The van der Waals surface area contributed by atoms with Crippen molar-refractivity contribution in [1.82, 2.24) is 0 Å². The smallest absolute Gasteiger partial charge is 0.323 e. The van der Waals surface area contributed by atoms with Gasteiger partial charge in [-0.3, -0.25) is 9.52 Å². The van der Waals surface area contributed by atoms with Crippen LogP contribution in [0.5, 0.6) is 0 Å². The van der Waals surface area contributed by atoms with Crippen molar-refractivity contribution in [1.29, 1.82) is 0 Å². The molecule has 1 rings (SSSR count). The summed E-state index contributed by atoms with van der Waals surface area (Å²) in [7, 11) is -4.14. The first kappa shape index (κ1) is 13.4. The fraction of sp³-hybridized carbons (Fsp3) is 0.300. The Morgan fingerprint density at radius 3 is 2.53 bits per heavy atom. The average Bonchev–Trinajstić information content (AvgIpc) is 2.21. The maximum atomic E-state index is 13.4. The predicted molar refractivity (Wildman–Crippen MR) is 60.8 cm³/mol. The summed E-state index contributed by atoms with van der Waals surface area (Å²) >= 11 is 0. The van der Waals surface area contributed by atoms with Gasteiger partial charge in [0.1, 0.15) is 5.82 Å². The standard InChI is InChI=1S/C10H12FNO4S/c1-6-3-4-9(8(11)5-6)12-17(15,16)7(2)10(13)14/h3-5,7,12H,1-2H3,(H,13,14). The highest BCUT2D eigenvalue weighted by Gasteiger charge is 2.28. The average molecular weight is 261 g/mol. The molecule has 2 N–H and O–H groups in total. The van der Waals surface area contributed by atoms with Crippen LogP contribution < -0.4 is 4.72 Å². The van der Waals surface area contributed by atoms with E-state index in [0.717, 1.165) is 13.0 Å². The maximum absolute atomic E-state index is 13.4. The lowest BCUT2D eigenvalue weighted by atomic mass is 10.2. The third kappa shape index (κ3) is 3.16. The van der Waals surface area contributed by atoms with Crippen LogP contribution in [0, 0.1) is 12.7 Å². The Hall–Kier alpha value is -1.63. The van der Waals surface area contributed by atoms with E-state index >= 15 is 0 Å². The first-order chi connectivity index (χ1) is 7.74. The van der Waals surface area contributed by atoms with Crippen LogP contribution in [0.3, 0.4) is 0 Å². The van der Waals surface area contributed by atoms with E-state index in [2.05, 4.69) is 0 Å². The summed E-state index contributed by atoms with van der Waals surface area (Å²) in [6.07, 6.45) is 0. The fourth-order valence-electron chi connectivity index (χ4n) is 1.08. The van der Waals surface area contributed by atoms with E-state index in [1.54, 1.807) is 6.92 Å². The zero-order valence-electron chi connectivity index (χ0n) is 9.27. The number of rotatable bonds is 4. The van der Waals surface area contributed by atoms with E-state index in [1.165, 1.54) is 12.1 Å². The molecule has 0 saturated carbocycles. The van der Waals surface area contributed by atoms with Gasteiger partial charge in [0.05, 0.1) is 5.69 Å². The first-order valence-corrected chi connectivity index (χ1v) is 6.29. The summed E-state index contributed by atoms with van der Waals surface area (Å²) < 4.78 is 38.3. The van der Waals surface area contributed by atoms with Gasteiger partial charge in [0, 0.05) is 0 Å². The molecular weight excluding hydrogens is 249 g/mol. The molecule has 0 fully saturated rings. The zero-order valence-corrected chi connectivity index (χ0v) is 10.1. The molecule has 0 heterocycles. The molecule has 0 aliphatic heterocycles. The Balaban J connectivity index is 3.02. The molecule has 0 aliphatic rings. The van der Waals surface area contributed by atoms with Gasteiger partial charge in [-0.15, -0.1) is 0 Å². The van der Waals surface area contributed by atoms with Crippen LogP contribution in [0.4, 0.5) is 10.1 Å². The van der Waals surface area contributed by atoms with Crippen molar-refractivity contribution < 1.29 is 22.7 Å². The van der Waals surface area contributed by atoms with Crippen molar-refractivity contribution in [2.24, 2.45) is 0 Å². The number of carboxylic acids is 1. The Labute approximate surface area is 98.3 Å². The second kappa shape index (κ2) is 4.70. The minimum atomic E-state index is -4.14. The van der Waals surface area contributed by atoms with E-state index in [-0.39, 0.29) is 5.69 Å². The van der Waals surface area contributed by atoms with Crippen LogP contribution in [0.1, 0.15) is 12.5 Å². The third-order valence-corrected chi connectivity index (χ3v) is 3.83.